The van der Waals surface area contributed by atoms with Gasteiger partial charge in [-0.15, -0.1) is 0 Å². The number of hydrogen-bond donors (Lipinski definition) is 0. The van der Waals surface area contributed by atoms with Gasteiger partial charge in [0, 0.05) is 23.0 Å². The highest BCUT2D eigenvalue weighted by Crippen LogP contribution is 2.34. The smallest absolute Gasteiger partial charge is 0.415 e. The average Bonchev–Trinajstić information content (AvgIpc) is 2.77. The van der Waals surface area contributed by atoms with Crippen molar-refractivity contribution in [3.63, 3.8) is 0 Å². The van der Waals surface area contributed by atoms with Crippen LogP contribution in [0.4, 0.5) is 16.2 Å². The Hall–Kier alpha value is -3.85. The molecule has 0 aliphatic heterocycles. The number of aromatic nitrogens is 1. The van der Waals surface area contributed by atoms with E-state index in [4.69, 9.17) is 16.0 Å². The lowest BCUT2D eigenvalue weighted by Crippen LogP contribution is -2.37. The molecule has 0 N–H and O–H groups in total. The van der Waals surface area contributed by atoms with Crippen molar-refractivity contribution >= 4 is 17.5 Å². The van der Waals surface area contributed by atoms with Crippen molar-refractivity contribution in [3.05, 3.63) is 82.5 Å². The van der Waals surface area contributed by atoms with Gasteiger partial charge < -0.3 is 9.47 Å². The summed E-state index contributed by atoms with van der Waals surface area (Å²) >= 11 is 0. The molecule has 1 amide bonds. The van der Waals surface area contributed by atoms with E-state index in [1.807, 2.05) is 77.9 Å². The monoisotopic (exact) mass is 457 g/mol. The first-order chi connectivity index (χ1) is 16.0. The van der Waals surface area contributed by atoms with E-state index in [0.29, 0.717) is 17.1 Å². The van der Waals surface area contributed by atoms with Crippen molar-refractivity contribution < 1.29 is 14.3 Å². The zero-order valence-corrected chi connectivity index (χ0v) is 20.9. The third-order valence-corrected chi connectivity index (χ3v) is 5.47. The fourth-order valence-electron chi connectivity index (χ4n) is 3.83. The standard InChI is InChI=1S/C28H31N3O3/c1-18-11-9-10-12-24(18)21-13-22(29-7)15-23(14-21)31(27(32)34-28(4,5)6)17-25-20(3)26(33-8)19(2)16-30-25/h9-16H,17H2,1-6,8H3. The fraction of sp³-hybridized carbons (Fsp3) is 0.321. The number of carbonyl (C=O) groups excluding carboxylic acids is 1. The van der Waals surface area contributed by atoms with Crippen molar-refractivity contribution in [1.29, 1.82) is 0 Å². The van der Waals surface area contributed by atoms with Crippen LogP contribution >= 0.6 is 0 Å². The van der Waals surface area contributed by atoms with E-state index >= 15 is 0 Å². The van der Waals surface area contributed by atoms with Crippen LogP contribution in [0.5, 0.6) is 5.75 Å². The Morgan fingerprint density at radius 3 is 2.41 bits per heavy atom. The van der Waals surface area contributed by atoms with Gasteiger partial charge in [-0.1, -0.05) is 24.3 Å². The summed E-state index contributed by atoms with van der Waals surface area (Å²) in [6.07, 6.45) is 1.23. The first-order valence-electron chi connectivity index (χ1n) is 11.1. The van der Waals surface area contributed by atoms with Crippen LogP contribution in [-0.4, -0.2) is 23.8 Å². The molecule has 176 valence electrons. The zero-order chi connectivity index (χ0) is 25.0. The maximum absolute atomic E-state index is 13.4. The number of anilines is 1. The molecule has 2 aromatic carbocycles. The predicted octanol–water partition coefficient (Wildman–Crippen LogP) is 7.17. The molecule has 0 atom stereocenters. The molecular weight excluding hydrogens is 426 g/mol. The van der Waals surface area contributed by atoms with E-state index < -0.39 is 11.7 Å². The predicted molar refractivity (Wildman–Crippen MR) is 136 cm³/mol. The number of carbonyl (C=O) groups is 1. The number of pyridine rings is 1. The van der Waals surface area contributed by atoms with Crippen LogP contribution in [0.3, 0.4) is 0 Å². The van der Waals surface area contributed by atoms with E-state index in [9.17, 15) is 4.79 Å². The summed E-state index contributed by atoms with van der Waals surface area (Å²) in [6, 6.07) is 13.4. The minimum atomic E-state index is -0.682. The average molecular weight is 458 g/mol. The van der Waals surface area contributed by atoms with Gasteiger partial charge in [0.05, 0.1) is 25.9 Å². The van der Waals surface area contributed by atoms with Crippen LogP contribution in [0.2, 0.25) is 0 Å². The van der Waals surface area contributed by atoms with E-state index in [2.05, 4.69) is 9.83 Å². The molecule has 1 aromatic heterocycles. The molecule has 34 heavy (non-hydrogen) atoms. The van der Waals surface area contributed by atoms with Crippen LogP contribution in [-0.2, 0) is 11.3 Å². The summed E-state index contributed by atoms with van der Waals surface area (Å²) in [7, 11) is 1.62. The number of benzene rings is 2. The van der Waals surface area contributed by atoms with Crippen LogP contribution in [0.1, 0.15) is 43.2 Å². The Labute approximate surface area is 202 Å². The molecule has 0 bridgehead atoms. The molecule has 6 nitrogen and oxygen atoms in total. The molecule has 6 heteroatoms. The van der Waals surface area contributed by atoms with Crippen molar-refractivity contribution in [3.8, 4) is 16.9 Å². The molecule has 0 saturated heterocycles. The van der Waals surface area contributed by atoms with Crippen molar-refractivity contribution in [1.82, 2.24) is 4.98 Å². The molecular formula is C28H31N3O3. The lowest BCUT2D eigenvalue weighted by atomic mass is 9.99. The Morgan fingerprint density at radius 1 is 1.09 bits per heavy atom. The lowest BCUT2D eigenvalue weighted by Gasteiger charge is -2.28. The summed E-state index contributed by atoms with van der Waals surface area (Å²) in [5.74, 6) is 0.740. The first kappa shape index (κ1) is 24.8. The molecule has 0 fully saturated rings. The molecule has 3 aromatic rings. The van der Waals surface area contributed by atoms with Gasteiger partial charge in [0.15, 0.2) is 5.69 Å². The van der Waals surface area contributed by atoms with E-state index in [1.165, 1.54) is 4.90 Å². The Morgan fingerprint density at radius 2 is 1.79 bits per heavy atom. The third kappa shape index (κ3) is 5.55. The first-order valence-corrected chi connectivity index (χ1v) is 11.1. The SMILES string of the molecule is [C-]#[N+]c1cc(-c2ccccc2C)cc(N(Cc2ncc(C)c(OC)c2C)C(=O)OC(C)(C)C)c1. The Balaban J connectivity index is 2.16. The molecule has 0 saturated carbocycles. The third-order valence-electron chi connectivity index (χ3n) is 5.47. The van der Waals surface area contributed by atoms with Gasteiger partial charge in [0.25, 0.3) is 0 Å². The maximum Gasteiger partial charge on any atom is 0.415 e. The quantitative estimate of drug-likeness (QED) is 0.381. The summed E-state index contributed by atoms with van der Waals surface area (Å²) in [5, 5.41) is 0. The molecule has 0 aliphatic carbocycles. The minimum absolute atomic E-state index is 0.173. The van der Waals surface area contributed by atoms with Gasteiger partial charge in [0.1, 0.15) is 11.4 Å². The molecule has 0 unspecified atom stereocenters. The number of rotatable bonds is 5. The van der Waals surface area contributed by atoms with Gasteiger partial charge in [-0.25, -0.2) is 9.64 Å². The normalized spacial score (nSPS) is 11.0. The molecule has 3 rings (SSSR count). The molecule has 0 spiro atoms. The van der Waals surface area contributed by atoms with Gasteiger partial charge in [0.2, 0.25) is 0 Å². The van der Waals surface area contributed by atoms with Crippen LogP contribution in [0.15, 0.2) is 48.7 Å². The highest BCUT2D eigenvalue weighted by Gasteiger charge is 2.26. The summed E-state index contributed by atoms with van der Waals surface area (Å²) in [6.45, 7) is 19.2. The Kier molecular flexibility index (Phi) is 7.26. The largest absolute Gasteiger partial charge is 0.496 e. The topological polar surface area (TPSA) is 56.0 Å². The summed E-state index contributed by atoms with van der Waals surface area (Å²) in [5.41, 5.74) is 5.75. The number of methoxy groups -OCH3 is 1. The van der Waals surface area contributed by atoms with Crippen molar-refractivity contribution in [2.45, 2.75) is 53.7 Å². The summed E-state index contributed by atoms with van der Waals surface area (Å²) < 4.78 is 11.3. The van der Waals surface area contributed by atoms with Gasteiger partial charge >= 0.3 is 6.09 Å². The highest BCUT2D eigenvalue weighted by molar-refractivity contribution is 5.90. The number of nitrogens with zero attached hydrogens (tertiary/aromatic N) is 3. The highest BCUT2D eigenvalue weighted by atomic mass is 16.6. The van der Waals surface area contributed by atoms with Crippen LogP contribution in [0.25, 0.3) is 16.0 Å². The second kappa shape index (κ2) is 9.96. The molecule has 0 radical (unpaired) electrons. The van der Waals surface area contributed by atoms with E-state index in [1.54, 1.807) is 19.4 Å². The van der Waals surface area contributed by atoms with Crippen molar-refractivity contribution in [2.24, 2.45) is 0 Å². The number of aryl methyl sites for hydroxylation is 2. The lowest BCUT2D eigenvalue weighted by molar-refractivity contribution is 0.0577. The number of ether oxygens (including phenoxy) is 2. The molecule has 0 aliphatic rings. The summed E-state index contributed by atoms with van der Waals surface area (Å²) in [4.78, 5) is 23.2. The van der Waals surface area contributed by atoms with Gasteiger partial charge in [-0.05, 0) is 76.4 Å². The number of hydrogen-bond acceptors (Lipinski definition) is 4. The minimum Gasteiger partial charge on any atom is -0.496 e. The Bertz CT molecular complexity index is 1250. The zero-order valence-electron chi connectivity index (χ0n) is 20.9. The van der Waals surface area contributed by atoms with E-state index in [-0.39, 0.29) is 6.54 Å². The van der Waals surface area contributed by atoms with Crippen molar-refractivity contribution in [2.75, 3.05) is 12.0 Å². The van der Waals surface area contributed by atoms with E-state index in [0.717, 1.165) is 33.6 Å². The van der Waals surface area contributed by atoms with Crippen LogP contribution in [0, 0.1) is 27.3 Å². The fourth-order valence-corrected chi connectivity index (χ4v) is 3.83. The number of amides is 1. The second-order valence-electron chi connectivity index (χ2n) is 9.28. The molecule has 1 heterocycles. The van der Waals surface area contributed by atoms with Crippen LogP contribution < -0.4 is 9.64 Å². The maximum atomic E-state index is 13.4. The van der Waals surface area contributed by atoms with Gasteiger partial charge in [-0.2, -0.15) is 0 Å². The second-order valence-corrected chi connectivity index (χ2v) is 9.28. The van der Waals surface area contributed by atoms with Gasteiger partial charge in [-0.3, -0.25) is 9.88 Å².